The van der Waals surface area contributed by atoms with E-state index in [-0.39, 0.29) is 6.10 Å². The van der Waals surface area contributed by atoms with Gasteiger partial charge in [-0.05, 0) is 32.6 Å². The van der Waals surface area contributed by atoms with Gasteiger partial charge in [0.1, 0.15) is 0 Å². The van der Waals surface area contributed by atoms with Gasteiger partial charge in [0.15, 0.2) is 0 Å². The van der Waals surface area contributed by atoms with E-state index in [0.717, 1.165) is 44.3 Å². The highest BCUT2D eigenvalue weighted by Crippen LogP contribution is 2.24. The minimum Gasteiger partial charge on any atom is -0.378 e. The Labute approximate surface area is 96.7 Å². The van der Waals surface area contributed by atoms with Crippen LogP contribution in [0.2, 0.25) is 0 Å². The van der Waals surface area contributed by atoms with Crippen LogP contribution >= 0.6 is 0 Å². The predicted molar refractivity (Wildman–Crippen MR) is 61.5 cm³/mol. The third kappa shape index (κ3) is 3.61. The fourth-order valence-corrected chi connectivity index (χ4v) is 2.06. The van der Waals surface area contributed by atoms with Crippen molar-refractivity contribution in [3.8, 4) is 0 Å². The summed E-state index contributed by atoms with van der Waals surface area (Å²) in [6.45, 7) is 4.70. The van der Waals surface area contributed by atoms with Crippen LogP contribution in [-0.2, 0) is 14.4 Å². The Bertz CT molecular complexity index is 267. The molecular weight excluding hydrogens is 206 g/mol. The van der Waals surface area contributed by atoms with E-state index in [1.54, 1.807) is 6.92 Å². The Kier molecular flexibility index (Phi) is 5.49. The number of hydrogen-bond acceptors (Lipinski definition) is 4. The van der Waals surface area contributed by atoms with Crippen molar-refractivity contribution < 1.29 is 14.4 Å². The average molecular weight is 227 g/mol. The van der Waals surface area contributed by atoms with E-state index in [1.807, 2.05) is 0 Å². The lowest BCUT2D eigenvalue weighted by atomic mass is 9.97. The molecule has 2 N–H and O–H groups in total. The van der Waals surface area contributed by atoms with Crippen molar-refractivity contribution in [3.63, 3.8) is 0 Å². The molecule has 0 saturated carbocycles. The van der Waals surface area contributed by atoms with Crippen LogP contribution in [0, 0.1) is 0 Å². The molecule has 1 unspecified atom stereocenters. The molecule has 16 heavy (non-hydrogen) atoms. The first-order valence-corrected chi connectivity index (χ1v) is 5.90. The Morgan fingerprint density at radius 2 is 2.31 bits per heavy atom. The van der Waals surface area contributed by atoms with Crippen LogP contribution in [-0.4, -0.2) is 18.7 Å². The van der Waals surface area contributed by atoms with Gasteiger partial charge in [0.2, 0.25) is 0 Å². The van der Waals surface area contributed by atoms with Crippen molar-refractivity contribution in [3.05, 3.63) is 11.1 Å². The molecule has 1 aliphatic rings. The van der Waals surface area contributed by atoms with Crippen molar-refractivity contribution in [2.75, 3.05) is 6.61 Å². The van der Waals surface area contributed by atoms with Crippen molar-refractivity contribution in [2.24, 2.45) is 5.90 Å². The lowest BCUT2D eigenvalue weighted by Crippen LogP contribution is -2.15. The lowest BCUT2D eigenvalue weighted by molar-refractivity contribution is -0.139. The van der Waals surface area contributed by atoms with Gasteiger partial charge < -0.3 is 9.57 Å². The van der Waals surface area contributed by atoms with Crippen LogP contribution in [0.25, 0.3) is 0 Å². The maximum absolute atomic E-state index is 11.4. The molecular formula is C12H21NO3. The number of carbonyl (C=O) groups is 1. The van der Waals surface area contributed by atoms with Crippen molar-refractivity contribution in [1.82, 2.24) is 0 Å². The second kappa shape index (κ2) is 6.66. The summed E-state index contributed by atoms with van der Waals surface area (Å²) in [5.74, 6) is 4.47. The van der Waals surface area contributed by atoms with Gasteiger partial charge in [-0.1, -0.05) is 18.9 Å². The summed E-state index contributed by atoms with van der Waals surface area (Å²) < 4.78 is 5.58. The van der Waals surface area contributed by atoms with Crippen LogP contribution in [0.3, 0.4) is 0 Å². The first-order valence-electron chi connectivity index (χ1n) is 5.90. The van der Waals surface area contributed by atoms with E-state index in [0.29, 0.717) is 5.57 Å². The topological polar surface area (TPSA) is 61.5 Å². The number of nitrogens with two attached hydrogens (primary N) is 1. The molecule has 92 valence electrons. The molecule has 0 aliphatic carbocycles. The summed E-state index contributed by atoms with van der Waals surface area (Å²) in [7, 11) is 0. The van der Waals surface area contributed by atoms with Gasteiger partial charge in [0.25, 0.3) is 0 Å². The molecule has 1 fully saturated rings. The molecule has 0 bridgehead atoms. The van der Waals surface area contributed by atoms with E-state index >= 15 is 0 Å². The van der Waals surface area contributed by atoms with Gasteiger partial charge in [0, 0.05) is 12.2 Å². The average Bonchev–Trinajstić information content (AvgIpc) is 2.79. The zero-order chi connectivity index (χ0) is 12.0. The first kappa shape index (κ1) is 13.2. The van der Waals surface area contributed by atoms with Gasteiger partial charge in [0.05, 0.1) is 6.10 Å². The molecule has 4 heteroatoms. The highest BCUT2D eigenvalue weighted by atomic mass is 16.7. The normalized spacial score (nSPS) is 21.8. The Hall–Kier alpha value is -0.870. The molecule has 0 amide bonds. The third-order valence-electron chi connectivity index (χ3n) is 2.99. The molecule has 1 atom stereocenters. The van der Waals surface area contributed by atoms with E-state index in [9.17, 15) is 4.79 Å². The number of carbonyl (C=O) groups excluding carboxylic acids is 1. The molecule has 0 aromatic carbocycles. The minimum atomic E-state index is -0.429. The number of ether oxygens (including phenoxy) is 1. The Balaban J connectivity index is 2.67. The van der Waals surface area contributed by atoms with Gasteiger partial charge >= 0.3 is 5.97 Å². The van der Waals surface area contributed by atoms with Crippen LogP contribution in [0.5, 0.6) is 0 Å². The van der Waals surface area contributed by atoms with Gasteiger partial charge in [-0.3, -0.25) is 0 Å². The van der Waals surface area contributed by atoms with E-state index < -0.39 is 5.97 Å². The van der Waals surface area contributed by atoms with E-state index in [4.69, 9.17) is 10.6 Å². The number of hydrogen-bond donors (Lipinski definition) is 1. The predicted octanol–water partition coefficient (Wildman–Crippen LogP) is 2.09. The van der Waals surface area contributed by atoms with Gasteiger partial charge in [-0.25, -0.2) is 4.79 Å². The van der Waals surface area contributed by atoms with Crippen molar-refractivity contribution >= 4 is 5.97 Å². The molecule has 1 rings (SSSR count). The van der Waals surface area contributed by atoms with Gasteiger partial charge in [-0.15, -0.1) is 0 Å². The minimum absolute atomic E-state index is 0.266. The molecule has 1 aliphatic heterocycles. The zero-order valence-electron chi connectivity index (χ0n) is 10.1. The fraction of sp³-hybridized carbons (Fsp3) is 0.750. The molecule has 0 radical (unpaired) electrons. The van der Waals surface area contributed by atoms with Crippen LogP contribution < -0.4 is 5.90 Å². The fourth-order valence-electron chi connectivity index (χ4n) is 2.06. The Morgan fingerprint density at radius 3 is 2.81 bits per heavy atom. The second-order valence-corrected chi connectivity index (χ2v) is 4.22. The molecule has 1 saturated heterocycles. The monoisotopic (exact) mass is 227 g/mol. The van der Waals surface area contributed by atoms with E-state index in [1.165, 1.54) is 0 Å². The smallest absolute Gasteiger partial charge is 0.352 e. The molecule has 0 aromatic heterocycles. The van der Waals surface area contributed by atoms with Crippen molar-refractivity contribution in [2.45, 2.75) is 52.1 Å². The molecule has 1 heterocycles. The highest BCUT2D eigenvalue weighted by molar-refractivity contribution is 5.88. The third-order valence-corrected chi connectivity index (χ3v) is 2.99. The summed E-state index contributed by atoms with van der Waals surface area (Å²) >= 11 is 0. The van der Waals surface area contributed by atoms with Crippen LogP contribution in [0.4, 0.5) is 0 Å². The van der Waals surface area contributed by atoms with Crippen molar-refractivity contribution in [1.29, 1.82) is 0 Å². The van der Waals surface area contributed by atoms with Crippen LogP contribution in [0.1, 0.15) is 46.0 Å². The molecule has 0 aromatic rings. The maximum Gasteiger partial charge on any atom is 0.352 e. The van der Waals surface area contributed by atoms with Gasteiger partial charge in [-0.2, -0.15) is 5.90 Å². The zero-order valence-corrected chi connectivity index (χ0v) is 10.1. The van der Waals surface area contributed by atoms with Crippen LogP contribution in [0.15, 0.2) is 11.1 Å². The largest absolute Gasteiger partial charge is 0.378 e. The summed E-state index contributed by atoms with van der Waals surface area (Å²) in [5, 5.41) is 0. The molecule has 0 spiro atoms. The highest BCUT2D eigenvalue weighted by Gasteiger charge is 2.20. The SMILES string of the molecule is CCCC(CC1CCCO1)=C(C)C(=O)ON. The second-order valence-electron chi connectivity index (χ2n) is 4.22. The summed E-state index contributed by atoms with van der Waals surface area (Å²) in [5.41, 5.74) is 1.75. The number of rotatable bonds is 5. The summed E-state index contributed by atoms with van der Waals surface area (Å²) in [4.78, 5) is 15.6. The Morgan fingerprint density at radius 1 is 1.56 bits per heavy atom. The molecule has 4 nitrogen and oxygen atoms in total. The summed E-state index contributed by atoms with van der Waals surface area (Å²) in [6, 6.07) is 0. The standard InChI is InChI=1S/C12H21NO3/c1-3-5-10(9(2)12(14)16-13)8-11-6-4-7-15-11/h11H,3-8,13H2,1-2H3. The quantitative estimate of drug-likeness (QED) is 0.577. The first-order chi connectivity index (χ1) is 7.69. The lowest BCUT2D eigenvalue weighted by Gasteiger charge is -2.14. The summed E-state index contributed by atoms with van der Waals surface area (Å²) in [6.07, 6.45) is 5.21. The maximum atomic E-state index is 11.4. The van der Waals surface area contributed by atoms with E-state index in [2.05, 4.69) is 11.8 Å².